The summed E-state index contributed by atoms with van der Waals surface area (Å²) in [7, 11) is 0. The molecular formula is C8H9Cl3N2. The molecular weight excluding hydrogens is 230 g/mol. The Hall–Kier alpha value is 0.01000. The standard InChI is InChI=1S/C8H9Cl3N2/c1-4(13-12)5-2-7(10)8(11)3-6(5)9/h2-4,13H,12H2,1H3/t4-/m0/s1. The molecule has 0 spiro atoms. The van der Waals surface area contributed by atoms with Crippen LogP contribution in [0.3, 0.4) is 0 Å². The van der Waals surface area contributed by atoms with Gasteiger partial charge in [0.2, 0.25) is 0 Å². The zero-order valence-electron chi connectivity index (χ0n) is 6.94. The number of hydrogen-bond donors (Lipinski definition) is 2. The van der Waals surface area contributed by atoms with E-state index in [4.69, 9.17) is 40.6 Å². The largest absolute Gasteiger partial charge is 0.271 e. The minimum Gasteiger partial charge on any atom is -0.271 e. The molecule has 3 N–H and O–H groups in total. The Morgan fingerprint density at radius 2 is 1.69 bits per heavy atom. The molecule has 2 nitrogen and oxygen atoms in total. The third-order valence-corrected chi connectivity index (χ3v) is 2.81. The first-order valence-corrected chi connectivity index (χ1v) is 4.80. The minimum absolute atomic E-state index is 0.0535. The fraction of sp³-hybridized carbons (Fsp3) is 0.250. The summed E-state index contributed by atoms with van der Waals surface area (Å²) in [6, 6.07) is 3.26. The van der Waals surface area contributed by atoms with E-state index in [2.05, 4.69) is 5.43 Å². The Kier molecular flexibility index (Phi) is 3.83. The van der Waals surface area contributed by atoms with Gasteiger partial charge in [-0.3, -0.25) is 11.3 Å². The van der Waals surface area contributed by atoms with Crippen LogP contribution in [0.15, 0.2) is 12.1 Å². The van der Waals surface area contributed by atoms with Crippen LogP contribution in [0.4, 0.5) is 0 Å². The molecule has 1 aromatic carbocycles. The van der Waals surface area contributed by atoms with Crippen molar-refractivity contribution in [1.82, 2.24) is 5.43 Å². The van der Waals surface area contributed by atoms with Gasteiger partial charge in [0.05, 0.1) is 10.0 Å². The highest BCUT2D eigenvalue weighted by atomic mass is 35.5. The van der Waals surface area contributed by atoms with Gasteiger partial charge in [0.25, 0.3) is 0 Å². The first-order chi connectivity index (χ1) is 6.06. The molecule has 0 bridgehead atoms. The maximum Gasteiger partial charge on any atom is 0.0607 e. The van der Waals surface area contributed by atoms with Crippen molar-refractivity contribution in [3.05, 3.63) is 32.8 Å². The molecule has 0 saturated carbocycles. The molecule has 0 aliphatic carbocycles. The summed E-state index contributed by atoms with van der Waals surface area (Å²) in [4.78, 5) is 0. The molecule has 0 aliphatic rings. The molecule has 0 amide bonds. The summed E-state index contributed by atoms with van der Waals surface area (Å²) in [5, 5.41) is 1.47. The molecule has 0 aliphatic heterocycles. The molecule has 0 aromatic heterocycles. The normalized spacial score (nSPS) is 13.0. The van der Waals surface area contributed by atoms with Gasteiger partial charge in [0.1, 0.15) is 0 Å². The lowest BCUT2D eigenvalue weighted by Crippen LogP contribution is -2.25. The predicted molar refractivity (Wildman–Crippen MR) is 57.2 cm³/mol. The predicted octanol–water partition coefficient (Wildman–Crippen LogP) is 3.17. The van der Waals surface area contributed by atoms with Crippen molar-refractivity contribution in [1.29, 1.82) is 0 Å². The molecule has 5 heteroatoms. The van der Waals surface area contributed by atoms with Crippen LogP contribution < -0.4 is 11.3 Å². The van der Waals surface area contributed by atoms with E-state index < -0.39 is 0 Å². The monoisotopic (exact) mass is 238 g/mol. The van der Waals surface area contributed by atoms with Gasteiger partial charge in [0.15, 0.2) is 0 Å². The lowest BCUT2D eigenvalue weighted by Gasteiger charge is -2.13. The average molecular weight is 240 g/mol. The third-order valence-electron chi connectivity index (χ3n) is 1.76. The molecule has 72 valence electrons. The van der Waals surface area contributed by atoms with Gasteiger partial charge < -0.3 is 0 Å². The summed E-state index contributed by atoms with van der Waals surface area (Å²) < 4.78 is 0. The second-order valence-electron chi connectivity index (χ2n) is 2.68. The van der Waals surface area contributed by atoms with Crippen molar-refractivity contribution in [3.63, 3.8) is 0 Å². The van der Waals surface area contributed by atoms with E-state index in [1.165, 1.54) is 0 Å². The van der Waals surface area contributed by atoms with Crippen LogP contribution in [-0.2, 0) is 0 Å². The van der Waals surface area contributed by atoms with Crippen molar-refractivity contribution in [2.75, 3.05) is 0 Å². The number of rotatable bonds is 2. The smallest absolute Gasteiger partial charge is 0.0607 e. The topological polar surface area (TPSA) is 38.0 Å². The van der Waals surface area contributed by atoms with Gasteiger partial charge >= 0.3 is 0 Å². The van der Waals surface area contributed by atoms with Crippen molar-refractivity contribution >= 4 is 34.8 Å². The number of hydrazine groups is 1. The SMILES string of the molecule is C[C@H](NN)c1cc(Cl)c(Cl)cc1Cl. The molecule has 1 atom stereocenters. The summed E-state index contributed by atoms with van der Waals surface area (Å²) >= 11 is 17.5. The fourth-order valence-corrected chi connectivity index (χ4v) is 1.68. The van der Waals surface area contributed by atoms with Gasteiger partial charge in [-0.15, -0.1) is 0 Å². The Balaban J connectivity index is 3.15. The van der Waals surface area contributed by atoms with Gasteiger partial charge in [-0.1, -0.05) is 34.8 Å². The highest BCUT2D eigenvalue weighted by Crippen LogP contribution is 2.31. The number of nitrogens with one attached hydrogen (secondary N) is 1. The van der Waals surface area contributed by atoms with Crippen LogP contribution in [0.1, 0.15) is 18.5 Å². The number of nitrogens with two attached hydrogens (primary N) is 1. The zero-order valence-corrected chi connectivity index (χ0v) is 9.21. The van der Waals surface area contributed by atoms with Crippen LogP contribution in [0.2, 0.25) is 15.1 Å². The Morgan fingerprint density at radius 1 is 1.15 bits per heavy atom. The molecule has 13 heavy (non-hydrogen) atoms. The van der Waals surface area contributed by atoms with E-state index in [0.717, 1.165) is 5.56 Å². The van der Waals surface area contributed by atoms with Crippen LogP contribution >= 0.6 is 34.8 Å². The number of benzene rings is 1. The lowest BCUT2D eigenvalue weighted by atomic mass is 10.1. The summed E-state index contributed by atoms with van der Waals surface area (Å²) in [6.45, 7) is 1.88. The van der Waals surface area contributed by atoms with E-state index >= 15 is 0 Å². The van der Waals surface area contributed by atoms with Crippen LogP contribution in [-0.4, -0.2) is 0 Å². The van der Waals surface area contributed by atoms with E-state index in [9.17, 15) is 0 Å². The van der Waals surface area contributed by atoms with Gasteiger partial charge in [-0.05, 0) is 24.6 Å². The average Bonchev–Trinajstić information content (AvgIpc) is 2.10. The molecule has 0 radical (unpaired) electrons. The van der Waals surface area contributed by atoms with E-state index in [1.54, 1.807) is 12.1 Å². The molecule has 1 aromatic rings. The van der Waals surface area contributed by atoms with Gasteiger partial charge in [-0.25, -0.2) is 0 Å². The van der Waals surface area contributed by atoms with Crippen LogP contribution in [0.5, 0.6) is 0 Å². The van der Waals surface area contributed by atoms with Gasteiger partial charge in [-0.2, -0.15) is 0 Å². The maximum absolute atomic E-state index is 5.94. The summed E-state index contributed by atoms with van der Waals surface area (Å²) in [6.07, 6.45) is 0. The third kappa shape index (κ3) is 2.48. The highest BCUT2D eigenvalue weighted by Gasteiger charge is 2.10. The Morgan fingerprint density at radius 3 is 2.23 bits per heavy atom. The molecule has 0 fully saturated rings. The van der Waals surface area contributed by atoms with Crippen molar-refractivity contribution in [2.24, 2.45) is 5.84 Å². The molecule has 0 unspecified atom stereocenters. The Bertz CT molecular complexity index is 315. The molecule has 1 rings (SSSR count). The fourth-order valence-electron chi connectivity index (χ4n) is 0.960. The van der Waals surface area contributed by atoms with Crippen LogP contribution in [0, 0.1) is 0 Å². The second kappa shape index (κ2) is 4.49. The van der Waals surface area contributed by atoms with E-state index in [1.807, 2.05) is 6.92 Å². The molecule has 0 saturated heterocycles. The van der Waals surface area contributed by atoms with Gasteiger partial charge in [0, 0.05) is 11.1 Å². The van der Waals surface area contributed by atoms with Crippen molar-refractivity contribution in [2.45, 2.75) is 13.0 Å². The van der Waals surface area contributed by atoms with Crippen molar-refractivity contribution in [3.8, 4) is 0 Å². The highest BCUT2D eigenvalue weighted by molar-refractivity contribution is 6.43. The van der Waals surface area contributed by atoms with Crippen LogP contribution in [0.25, 0.3) is 0 Å². The minimum atomic E-state index is -0.0535. The van der Waals surface area contributed by atoms with Crippen molar-refractivity contribution < 1.29 is 0 Å². The number of hydrogen-bond acceptors (Lipinski definition) is 2. The Labute approximate surface area is 91.9 Å². The quantitative estimate of drug-likeness (QED) is 0.473. The zero-order chi connectivity index (χ0) is 10.0. The lowest BCUT2D eigenvalue weighted by molar-refractivity contribution is 0.603. The summed E-state index contributed by atoms with van der Waals surface area (Å²) in [5.41, 5.74) is 3.41. The summed E-state index contributed by atoms with van der Waals surface area (Å²) in [5.74, 6) is 5.28. The van der Waals surface area contributed by atoms with E-state index in [0.29, 0.717) is 15.1 Å². The first-order valence-electron chi connectivity index (χ1n) is 3.67. The maximum atomic E-state index is 5.94. The number of halogens is 3. The second-order valence-corrected chi connectivity index (χ2v) is 3.90. The first kappa shape index (κ1) is 11.1. The van der Waals surface area contributed by atoms with E-state index in [-0.39, 0.29) is 6.04 Å². The molecule has 0 heterocycles.